The maximum absolute atomic E-state index is 9.52. The molecule has 1 aromatic rings. The van der Waals surface area contributed by atoms with Gasteiger partial charge in [0.05, 0.1) is 6.10 Å². The Morgan fingerprint density at radius 3 is 2.54 bits per heavy atom. The average molecular weight is 176 g/mol. The van der Waals surface area contributed by atoms with Crippen molar-refractivity contribution in [2.75, 3.05) is 0 Å². The van der Waals surface area contributed by atoms with Crippen LogP contribution in [-0.4, -0.2) is 11.2 Å². The summed E-state index contributed by atoms with van der Waals surface area (Å²) in [7, 11) is 0. The monoisotopic (exact) mass is 176 g/mol. The summed E-state index contributed by atoms with van der Waals surface area (Å²) in [6, 6.07) is 10.1. The Kier molecular flexibility index (Phi) is 3.71. The van der Waals surface area contributed by atoms with Crippen LogP contribution >= 0.6 is 0 Å². The number of aliphatic hydroxyl groups excluding tert-OH is 1. The summed E-state index contributed by atoms with van der Waals surface area (Å²) in [5.74, 6) is 0. The van der Waals surface area contributed by atoms with E-state index in [1.165, 1.54) is 0 Å². The largest absolute Gasteiger partial charge is 0.389 e. The molecule has 0 heterocycles. The molecule has 0 bridgehead atoms. The van der Waals surface area contributed by atoms with Crippen LogP contribution in [0.15, 0.2) is 35.9 Å². The van der Waals surface area contributed by atoms with E-state index >= 15 is 0 Å². The standard InChI is InChI=1S/C12H16O/c1-3-12(13)10(2)9-11-7-5-4-6-8-11/h4-9,12-13H,3H2,1-2H3/b10-9+/t12-/m1/s1. The minimum Gasteiger partial charge on any atom is -0.389 e. The van der Waals surface area contributed by atoms with Gasteiger partial charge in [-0.3, -0.25) is 0 Å². The lowest BCUT2D eigenvalue weighted by molar-refractivity contribution is 0.208. The van der Waals surface area contributed by atoms with Crippen LogP contribution in [0.1, 0.15) is 25.8 Å². The fraction of sp³-hybridized carbons (Fsp3) is 0.333. The Hall–Kier alpha value is -1.08. The zero-order chi connectivity index (χ0) is 9.68. The van der Waals surface area contributed by atoms with E-state index in [0.29, 0.717) is 0 Å². The molecular weight excluding hydrogens is 160 g/mol. The molecule has 13 heavy (non-hydrogen) atoms. The number of hydrogen-bond acceptors (Lipinski definition) is 1. The average Bonchev–Trinajstić information content (AvgIpc) is 2.18. The molecular formula is C12H16O. The topological polar surface area (TPSA) is 20.2 Å². The third-order valence-corrected chi connectivity index (χ3v) is 2.11. The SMILES string of the molecule is CC[C@@H](O)/C(C)=C/c1ccccc1. The molecule has 0 saturated carbocycles. The molecule has 0 aliphatic carbocycles. The number of benzene rings is 1. The van der Waals surface area contributed by atoms with E-state index < -0.39 is 0 Å². The highest BCUT2D eigenvalue weighted by Crippen LogP contribution is 2.11. The van der Waals surface area contributed by atoms with Gasteiger partial charge in [-0.25, -0.2) is 0 Å². The second-order valence-corrected chi connectivity index (χ2v) is 3.22. The lowest BCUT2D eigenvalue weighted by Gasteiger charge is -2.07. The smallest absolute Gasteiger partial charge is 0.0748 e. The Labute approximate surface area is 79.7 Å². The summed E-state index contributed by atoms with van der Waals surface area (Å²) in [6.45, 7) is 3.94. The van der Waals surface area contributed by atoms with Gasteiger partial charge >= 0.3 is 0 Å². The summed E-state index contributed by atoms with van der Waals surface area (Å²) in [6.07, 6.45) is 2.49. The minimum absolute atomic E-state index is 0.305. The highest BCUT2D eigenvalue weighted by molar-refractivity contribution is 5.52. The van der Waals surface area contributed by atoms with Crippen LogP contribution in [0, 0.1) is 0 Å². The molecule has 0 radical (unpaired) electrons. The summed E-state index contributed by atoms with van der Waals surface area (Å²) >= 11 is 0. The molecule has 0 aliphatic rings. The molecule has 0 amide bonds. The molecule has 1 heteroatoms. The van der Waals surface area contributed by atoms with Gasteiger partial charge in [0, 0.05) is 0 Å². The zero-order valence-electron chi connectivity index (χ0n) is 8.20. The summed E-state index contributed by atoms with van der Waals surface area (Å²) < 4.78 is 0. The third-order valence-electron chi connectivity index (χ3n) is 2.11. The maximum Gasteiger partial charge on any atom is 0.0748 e. The molecule has 1 atom stereocenters. The second-order valence-electron chi connectivity index (χ2n) is 3.22. The van der Waals surface area contributed by atoms with Crippen molar-refractivity contribution in [2.45, 2.75) is 26.4 Å². The highest BCUT2D eigenvalue weighted by Gasteiger charge is 2.01. The van der Waals surface area contributed by atoms with Gasteiger partial charge in [-0.05, 0) is 24.5 Å². The Balaban J connectivity index is 2.77. The van der Waals surface area contributed by atoms with Crippen molar-refractivity contribution < 1.29 is 5.11 Å². The lowest BCUT2D eigenvalue weighted by Crippen LogP contribution is -2.05. The van der Waals surface area contributed by atoms with Crippen LogP contribution < -0.4 is 0 Å². The number of hydrogen-bond donors (Lipinski definition) is 1. The van der Waals surface area contributed by atoms with Gasteiger partial charge < -0.3 is 5.11 Å². The molecule has 0 saturated heterocycles. The van der Waals surface area contributed by atoms with Crippen LogP contribution in [0.4, 0.5) is 0 Å². The molecule has 1 aromatic carbocycles. The van der Waals surface area contributed by atoms with Crippen molar-refractivity contribution in [1.29, 1.82) is 0 Å². The lowest BCUT2D eigenvalue weighted by atomic mass is 10.1. The van der Waals surface area contributed by atoms with E-state index in [-0.39, 0.29) is 6.10 Å². The zero-order valence-corrected chi connectivity index (χ0v) is 8.20. The van der Waals surface area contributed by atoms with E-state index in [1.54, 1.807) is 0 Å². The van der Waals surface area contributed by atoms with E-state index in [1.807, 2.05) is 50.3 Å². The van der Waals surface area contributed by atoms with Crippen molar-refractivity contribution in [2.24, 2.45) is 0 Å². The second kappa shape index (κ2) is 4.83. The summed E-state index contributed by atoms with van der Waals surface area (Å²) in [5.41, 5.74) is 2.17. The van der Waals surface area contributed by atoms with Crippen molar-refractivity contribution >= 4 is 6.08 Å². The highest BCUT2D eigenvalue weighted by atomic mass is 16.3. The van der Waals surface area contributed by atoms with Crippen molar-refractivity contribution in [3.05, 3.63) is 41.5 Å². The normalized spacial score (nSPS) is 14.2. The first-order valence-electron chi connectivity index (χ1n) is 4.65. The quantitative estimate of drug-likeness (QED) is 0.750. The van der Waals surface area contributed by atoms with Gasteiger partial charge in [-0.2, -0.15) is 0 Å². The van der Waals surface area contributed by atoms with Crippen molar-refractivity contribution in [3.63, 3.8) is 0 Å². The fourth-order valence-electron chi connectivity index (χ4n) is 1.23. The predicted molar refractivity (Wildman–Crippen MR) is 56.4 cm³/mol. The molecule has 0 spiro atoms. The Morgan fingerprint density at radius 2 is 2.00 bits per heavy atom. The van der Waals surface area contributed by atoms with Crippen LogP contribution in [0.2, 0.25) is 0 Å². The minimum atomic E-state index is -0.305. The number of aliphatic hydroxyl groups is 1. The summed E-state index contributed by atoms with van der Waals surface area (Å²) in [4.78, 5) is 0. The molecule has 1 rings (SSSR count). The first-order chi connectivity index (χ1) is 6.24. The maximum atomic E-state index is 9.52. The van der Waals surface area contributed by atoms with Crippen LogP contribution in [-0.2, 0) is 0 Å². The molecule has 0 unspecified atom stereocenters. The summed E-state index contributed by atoms with van der Waals surface area (Å²) in [5, 5.41) is 9.52. The first kappa shape index (κ1) is 10.0. The van der Waals surface area contributed by atoms with Crippen LogP contribution in [0.5, 0.6) is 0 Å². The molecule has 1 nitrogen and oxygen atoms in total. The van der Waals surface area contributed by atoms with E-state index in [9.17, 15) is 5.11 Å². The van der Waals surface area contributed by atoms with E-state index in [0.717, 1.165) is 17.6 Å². The van der Waals surface area contributed by atoms with Crippen molar-refractivity contribution in [3.8, 4) is 0 Å². The van der Waals surface area contributed by atoms with Crippen molar-refractivity contribution in [1.82, 2.24) is 0 Å². The predicted octanol–water partition coefficient (Wildman–Crippen LogP) is 2.86. The van der Waals surface area contributed by atoms with Gasteiger partial charge in [-0.1, -0.05) is 43.3 Å². The molecule has 0 fully saturated rings. The fourth-order valence-corrected chi connectivity index (χ4v) is 1.23. The molecule has 0 aliphatic heterocycles. The Morgan fingerprint density at radius 1 is 1.38 bits per heavy atom. The Bertz CT molecular complexity index is 274. The van der Waals surface area contributed by atoms with Gasteiger partial charge in [-0.15, -0.1) is 0 Å². The first-order valence-corrected chi connectivity index (χ1v) is 4.65. The number of rotatable bonds is 3. The molecule has 0 aromatic heterocycles. The van der Waals surface area contributed by atoms with Gasteiger partial charge in [0.1, 0.15) is 0 Å². The third kappa shape index (κ3) is 3.03. The van der Waals surface area contributed by atoms with Gasteiger partial charge in [0.2, 0.25) is 0 Å². The molecule has 1 N–H and O–H groups in total. The van der Waals surface area contributed by atoms with Crippen LogP contribution in [0.25, 0.3) is 6.08 Å². The molecule has 70 valence electrons. The van der Waals surface area contributed by atoms with E-state index in [2.05, 4.69) is 0 Å². The van der Waals surface area contributed by atoms with Gasteiger partial charge in [0.15, 0.2) is 0 Å². The van der Waals surface area contributed by atoms with E-state index in [4.69, 9.17) is 0 Å². The van der Waals surface area contributed by atoms with Crippen LogP contribution in [0.3, 0.4) is 0 Å². The van der Waals surface area contributed by atoms with Gasteiger partial charge in [0.25, 0.3) is 0 Å².